The number of nitrogens with zero attached hydrogens (tertiary/aromatic N) is 1. The van der Waals surface area contributed by atoms with Crippen LogP contribution in [0.2, 0.25) is 0 Å². The van der Waals surface area contributed by atoms with Crippen molar-refractivity contribution in [3.63, 3.8) is 0 Å². The highest BCUT2D eigenvalue weighted by Gasteiger charge is 2.09. The second-order valence-electron chi connectivity index (χ2n) is 3.56. The summed E-state index contributed by atoms with van der Waals surface area (Å²) < 4.78 is 28.1. The molecule has 1 aromatic heterocycles. The van der Waals surface area contributed by atoms with E-state index in [-0.39, 0.29) is 17.3 Å². The molecular formula is C11H10F2N4O2. The third-order valence-electron chi connectivity index (χ3n) is 2.18. The minimum Gasteiger partial charge on any atom is -0.435 e. The van der Waals surface area contributed by atoms with Crippen molar-refractivity contribution in [2.75, 3.05) is 11.1 Å². The number of benzene rings is 1. The molecule has 1 heterocycles. The van der Waals surface area contributed by atoms with Gasteiger partial charge in [-0.05, 0) is 24.3 Å². The SMILES string of the molecule is Nc1cc(C(=O)Nc2ccc(OC(F)F)cc2)[nH]n1. The number of halogens is 2. The van der Waals surface area contributed by atoms with Crippen molar-refractivity contribution in [2.24, 2.45) is 0 Å². The first-order chi connectivity index (χ1) is 9.04. The summed E-state index contributed by atoms with van der Waals surface area (Å²) in [4.78, 5) is 11.7. The van der Waals surface area contributed by atoms with E-state index < -0.39 is 12.5 Å². The van der Waals surface area contributed by atoms with E-state index >= 15 is 0 Å². The highest BCUT2D eigenvalue weighted by Crippen LogP contribution is 2.18. The number of H-pyrrole nitrogens is 1. The normalized spacial score (nSPS) is 10.5. The smallest absolute Gasteiger partial charge is 0.387 e. The molecule has 0 radical (unpaired) electrons. The fraction of sp³-hybridized carbons (Fsp3) is 0.0909. The van der Waals surface area contributed by atoms with Gasteiger partial charge in [0.05, 0.1) is 0 Å². The van der Waals surface area contributed by atoms with Crippen LogP contribution in [0.3, 0.4) is 0 Å². The topological polar surface area (TPSA) is 93.0 Å². The van der Waals surface area contributed by atoms with Crippen LogP contribution in [0, 0.1) is 0 Å². The molecule has 100 valence electrons. The fourth-order valence-electron chi connectivity index (χ4n) is 1.37. The zero-order valence-electron chi connectivity index (χ0n) is 9.56. The van der Waals surface area contributed by atoms with E-state index in [9.17, 15) is 13.6 Å². The maximum Gasteiger partial charge on any atom is 0.387 e. The highest BCUT2D eigenvalue weighted by molar-refractivity contribution is 6.03. The lowest BCUT2D eigenvalue weighted by molar-refractivity contribution is -0.0498. The Morgan fingerprint density at radius 3 is 2.58 bits per heavy atom. The lowest BCUT2D eigenvalue weighted by Gasteiger charge is -2.06. The van der Waals surface area contributed by atoms with E-state index in [1.165, 1.54) is 30.3 Å². The lowest BCUT2D eigenvalue weighted by atomic mass is 10.3. The number of nitrogen functional groups attached to an aromatic ring is 1. The Kier molecular flexibility index (Phi) is 3.60. The van der Waals surface area contributed by atoms with Crippen molar-refractivity contribution in [3.8, 4) is 5.75 Å². The van der Waals surface area contributed by atoms with Crippen LogP contribution >= 0.6 is 0 Å². The molecule has 0 unspecified atom stereocenters. The summed E-state index contributed by atoms with van der Waals surface area (Å²) in [6, 6.07) is 6.90. The Labute approximate surface area is 106 Å². The van der Waals surface area contributed by atoms with E-state index in [0.29, 0.717) is 5.69 Å². The molecule has 0 bridgehead atoms. The average molecular weight is 268 g/mol. The first-order valence-corrected chi connectivity index (χ1v) is 5.21. The van der Waals surface area contributed by atoms with Crippen molar-refractivity contribution >= 4 is 17.4 Å². The summed E-state index contributed by atoms with van der Waals surface area (Å²) in [7, 11) is 0. The van der Waals surface area contributed by atoms with Crippen LogP contribution in [-0.4, -0.2) is 22.7 Å². The molecule has 0 saturated heterocycles. The predicted octanol–water partition coefficient (Wildman–Crippen LogP) is 1.85. The highest BCUT2D eigenvalue weighted by atomic mass is 19.3. The van der Waals surface area contributed by atoms with Crippen molar-refractivity contribution in [1.82, 2.24) is 10.2 Å². The van der Waals surface area contributed by atoms with Crippen LogP contribution in [0.4, 0.5) is 20.3 Å². The van der Waals surface area contributed by atoms with Gasteiger partial charge in [-0.3, -0.25) is 9.89 Å². The van der Waals surface area contributed by atoms with Gasteiger partial charge in [-0.2, -0.15) is 13.9 Å². The van der Waals surface area contributed by atoms with E-state index in [1.54, 1.807) is 0 Å². The van der Waals surface area contributed by atoms with Gasteiger partial charge in [0.25, 0.3) is 5.91 Å². The number of hydrogen-bond acceptors (Lipinski definition) is 4. The number of carbonyl (C=O) groups is 1. The molecule has 2 aromatic rings. The van der Waals surface area contributed by atoms with Crippen LogP contribution in [-0.2, 0) is 0 Å². The molecule has 1 aromatic carbocycles. The zero-order valence-corrected chi connectivity index (χ0v) is 9.56. The molecule has 0 aliphatic rings. The largest absolute Gasteiger partial charge is 0.435 e. The molecule has 0 atom stereocenters. The van der Waals surface area contributed by atoms with Crippen molar-refractivity contribution < 1.29 is 18.3 Å². The maximum atomic E-state index is 11.9. The second kappa shape index (κ2) is 5.34. The summed E-state index contributed by atoms with van der Waals surface area (Å²) in [6.45, 7) is -2.88. The van der Waals surface area contributed by atoms with Crippen LogP contribution in [0.1, 0.15) is 10.5 Å². The molecule has 0 aliphatic heterocycles. The van der Waals surface area contributed by atoms with Gasteiger partial charge < -0.3 is 15.8 Å². The number of alkyl halides is 2. The number of hydrogen-bond donors (Lipinski definition) is 3. The monoisotopic (exact) mass is 268 g/mol. The maximum absolute atomic E-state index is 11.9. The standard InChI is InChI=1S/C11H10F2N4O2/c12-11(13)19-7-3-1-6(2-4-7)15-10(18)8-5-9(14)17-16-8/h1-5,11H,(H,15,18)(H3,14,16,17). The number of ether oxygens (including phenoxy) is 1. The Balaban J connectivity index is 2.01. The number of aromatic nitrogens is 2. The number of aromatic amines is 1. The Morgan fingerprint density at radius 2 is 2.05 bits per heavy atom. The summed E-state index contributed by atoms with van der Waals surface area (Å²) in [6.07, 6.45) is 0. The van der Waals surface area contributed by atoms with Crippen LogP contribution in [0.15, 0.2) is 30.3 Å². The fourth-order valence-corrected chi connectivity index (χ4v) is 1.37. The molecular weight excluding hydrogens is 258 g/mol. The molecule has 4 N–H and O–H groups in total. The summed E-state index contributed by atoms with van der Waals surface area (Å²) >= 11 is 0. The van der Waals surface area contributed by atoms with Crippen molar-refractivity contribution in [3.05, 3.63) is 36.0 Å². The van der Waals surface area contributed by atoms with Gasteiger partial charge in [-0.15, -0.1) is 0 Å². The minimum atomic E-state index is -2.88. The Bertz CT molecular complexity index is 568. The molecule has 8 heteroatoms. The second-order valence-corrected chi connectivity index (χ2v) is 3.56. The summed E-state index contributed by atoms with van der Waals surface area (Å²) in [5.74, 6) is -0.226. The Morgan fingerprint density at radius 1 is 1.37 bits per heavy atom. The predicted molar refractivity (Wildman–Crippen MR) is 64.0 cm³/mol. The molecule has 0 saturated carbocycles. The van der Waals surface area contributed by atoms with Crippen LogP contribution in [0.25, 0.3) is 0 Å². The average Bonchev–Trinajstić information content (AvgIpc) is 2.78. The molecule has 0 spiro atoms. The van der Waals surface area contributed by atoms with Gasteiger partial charge in [0, 0.05) is 11.8 Å². The summed E-state index contributed by atoms with van der Waals surface area (Å²) in [5.41, 5.74) is 6.00. The van der Waals surface area contributed by atoms with Crippen LogP contribution < -0.4 is 15.8 Å². The number of nitrogens with two attached hydrogens (primary N) is 1. The van der Waals surface area contributed by atoms with Crippen LogP contribution in [0.5, 0.6) is 5.75 Å². The quantitative estimate of drug-likeness (QED) is 0.788. The van der Waals surface area contributed by atoms with Gasteiger partial charge in [0.1, 0.15) is 17.3 Å². The van der Waals surface area contributed by atoms with Gasteiger partial charge in [-0.1, -0.05) is 0 Å². The number of anilines is 2. The molecule has 0 fully saturated rings. The lowest BCUT2D eigenvalue weighted by Crippen LogP contribution is -2.12. The number of rotatable bonds is 4. The third-order valence-corrected chi connectivity index (χ3v) is 2.18. The third kappa shape index (κ3) is 3.41. The van der Waals surface area contributed by atoms with Gasteiger partial charge in [0.15, 0.2) is 0 Å². The van der Waals surface area contributed by atoms with Crippen molar-refractivity contribution in [1.29, 1.82) is 0 Å². The van der Waals surface area contributed by atoms with E-state index in [1.807, 2.05) is 0 Å². The minimum absolute atomic E-state index is 0.0128. The molecule has 6 nitrogen and oxygen atoms in total. The molecule has 2 rings (SSSR count). The number of amides is 1. The van der Waals surface area contributed by atoms with E-state index in [4.69, 9.17) is 5.73 Å². The number of carbonyl (C=O) groups excluding carboxylic acids is 1. The van der Waals surface area contributed by atoms with Gasteiger partial charge >= 0.3 is 6.61 Å². The van der Waals surface area contributed by atoms with Gasteiger partial charge in [0.2, 0.25) is 0 Å². The Hall–Kier alpha value is -2.64. The molecule has 19 heavy (non-hydrogen) atoms. The van der Waals surface area contributed by atoms with E-state index in [0.717, 1.165) is 0 Å². The van der Waals surface area contributed by atoms with Crippen molar-refractivity contribution in [2.45, 2.75) is 6.61 Å². The van der Waals surface area contributed by atoms with Gasteiger partial charge in [-0.25, -0.2) is 0 Å². The first-order valence-electron chi connectivity index (χ1n) is 5.21. The first kappa shape index (κ1) is 12.8. The number of nitrogens with one attached hydrogen (secondary N) is 2. The zero-order chi connectivity index (χ0) is 13.8. The van der Waals surface area contributed by atoms with E-state index in [2.05, 4.69) is 20.3 Å². The molecule has 0 aliphatic carbocycles. The molecule has 1 amide bonds. The summed E-state index contributed by atoms with van der Waals surface area (Å²) in [5, 5.41) is 8.61.